The van der Waals surface area contributed by atoms with Crippen molar-refractivity contribution in [3.8, 4) is 0 Å². The second-order valence-electron chi connectivity index (χ2n) is 6.57. The lowest BCUT2D eigenvalue weighted by Crippen LogP contribution is -1.98. The highest BCUT2D eigenvalue weighted by Crippen LogP contribution is 2.14. The molecule has 0 spiro atoms. The van der Waals surface area contributed by atoms with Crippen LogP contribution < -0.4 is 0 Å². The van der Waals surface area contributed by atoms with Crippen LogP contribution in [0.2, 0.25) is 0 Å². The first-order valence-electron chi connectivity index (χ1n) is 10.1. The van der Waals surface area contributed by atoms with Crippen LogP contribution in [0.4, 0.5) is 0 Å². The zero-order chi connectivity index (χ0) is 18.5. The van der Waals surface area contributed by atoms with Crippen molar-refractivity contribution in [3.63, 3.8) is 0 Å². The van der Waals surface area contributed by atoms with E-state index in [1.807, 2.05) is 0 Å². The molecule has 3 nitrogen and oxygen atoms in total. The molecule has 0 aromatic carbocycles. The number of aliphatic hydroxyl groups is 1. The summed E-state index contributed by atoms with van der Waals surface area (Å²) in [5, 5.41) is 16.3. The quantitative estimate of drug-likeness (QED) is 0.249. The average Bonchev–Trinajstić information content (AvgIpc) is 2.55. The molecule has 2 N–H and O–H groups in total. The molecule has 0 aliphatic rings. The second-order valence-corrected chi connectivity index (χ2v) is 6.57. The predicted octanol–water partition coefficient (Wildman–Crippen LogP) is 6.50. The first-order valence-corrected chi connectivity index (χ1v) is 10.1. The molecule has 0 radical (unpaired) electrons. The third-order valence-electron chi connectivity index (χ3n) is 4.13. The molecule has 0 bridgehead atoms. The number of hydrogen-bond acceptors (Lipinski definition) is 2. The van der Waals surface area contributed by atoms with Gasteiger partial charge in [-0.2, -0.15) is 0 Å². The summed E-state index contributed by atoms with van der Waals surface area (Å²) in [5.74, 6) is -0.843. The number of aliphatic carboxylic acids is 1. The standard InChI is InChI=1S/C19H36O2.C2H6O/c1-3-4-5-6-7-8-9-10-11-12-13-14-15-16-17-18(2)19(20)21;1-2-3/h2-17H2,1H3,(H,20,21);3H,2H2,1H3. The zero-order valence-corrected chi connectivity index (χ0v) is 16.3. The Morgan fingerprint density at radius 1 is 0.708 bits per heavy atom. The van der Waals surface area contributed by atoms with E-state index in [0.717, 1.165) is 12.8 Å². The summed E-state index contributed by atoms with van der Waals surface area (Å²) in [5.41, 5.74) is 0.355. The van der Waals surface area contributed by atoms with Crippen LogP contribution in [0.15, 0.2) is 12.2 Å². The van der Waals surface area contributed by atoms with Gasteiger partial charge in [0.1, 0.15) is 0 Å². The molecule has 0 fully saturated rings. The van der Waals surface area contributed by atoms with Crippen LogP contribution in [0.1, 0.15) is 110 Å². The van der Waals surface area contributed by atoms with Crippen molar-refractivity contribution in [3.05, 3.63) is 12.2 Å². The first kappa shape index (κ1) is 25.4. The van der Waals surface area contributed by atoms with Crippen molar-refractivity contribution >= 4 is 5.97 Å². The fourth-order valence-electron chi connectivity index (χ4n) is 2.64. The van der Waals surface area contributed by atoms with Gasteiger partial charge in [-0.05, 0) is 19.8 Å². The van der Waals surface area contributed by atoms with E-state index >= 15 is 0 Å². The molecule has 0 unspecified atom stereocenters. The van der Waals surface area contributed by atoms with E-state index in [4.69, 9.17) is 10.2 Å². The third-order valence-corrected chi connectivity index (χ3v) is 4.13. The van der Waals surface area contributed by atoms with Gasteiger partial charge in [-0.25, -0.2) is 4.79 Å². The van der Waals surface area contributed by atoms with E-state index < -0.39 is 5.97 Å². The Morgan fingerprint density at radius 2 is 1.00 bits per heavy atom. The molecule has 0 atom stereocenters. The molecular formula is C21H42O3. The van der Waals surface area contributed by atoms with Gasteiger partial charge in [-0.15, -0.1) is 0 Å². The Bertz CT molecular complexity index is 274. The van der Waals surface area contributed by atoms with E-state index in [2.05, 4.69) is 13.5 Å². The number of rotatable bonds is 16. The van der Waals surface area contributed by atoms with Crippen LogP contribution in [0.3, 0.4) is 0 Å². The van der Waals surface area contributed by atoms with Gasteiger partial charge >= 0.3 is 5.97 Å². The number of carboxylic acid groups (broad SMARTS) is 1. The minimum Gasteiger partial charge on any atom is -0.478 e. The van der Waals surface area contributed by atoms with Gasteiger partial charge in [0, 0.05) is 12.2 Å². The Labute approximate surface area is 150 Å². The Balaban J connectivity index is 0. The third kappa shape index (κ3) is 23.4. The number of carboxylic acids is 1. The van der Waals surface area contributed by atoms with Crippen molar-refractivity contribution < 1.29 is 15.0 Å². The van der Waals surface area contributed by atoms with Gasteiger partial charge < -0.3 is 10.2 Å². The lowest BCUT2D eigenvalue weighted by Gasteiger charge is -2.03. The summed E-state index contributed by atoms with van der Waals surface area (Å²) in [6.45, 7) is 7.75. The molecule has 0 aliphatic carbocycles. The Kier molecular flexibility index (Phi) is 23.5. The maximum Gasteiger partial charge on any atom is 0.330 e. The van der Waals surface area contributed by atoms with Crippen molar-refractivity contribution in [2.75, 3.05) is 6.61 Å². The molecule has 144 valence electrons. The molecular weight excluding hydrogens is 300 g/mol. The number of hydrogen-bond donors (Lipinski definition) is 2. The van der Waals surface area contributed by atoms with Gasteiger partial charge in [-0.1, -0.05) is 97.0 Å². The smallest absolute Gasteiger partial charge is 0.330 e. The van der Waals surface area contributed by atoms with Gasteiger partial charge in [0.05, 0.1) is 0 Å². The molecule has 0 saturated carbocycles. The van der Waals surface area contributed by atoms with Crippen molar-refractivity contribution in [1.29, 1.82) is 0 Å². The second kappa shape index (κ2) is 22.2. The zero-order valence-electron chi connectivity index (χ0n) is 16.3. The molecule has 0 rings (SSSR count). The van der Waals surface area contributed by atoms with E-state index in [9.17, 15) is 4.79 Å². The minimum absolute atomic E-state index is 0.250. The highest BCUT2D eigenvalue weighted by Gasteiger charge is 2.02. The van der Waals surface area contributed by atoms with Crippen molar-refractivity contribution in [2.45, 2.75) is 110 Å². The lowest BCUT2D eigenvalue weighted by atomic mass is 10.0. The van der Waals surface area contributed by atoms with Crippen LogP contribution in [0, 0.1) is 0 Å². The van der Waals surface area contributed by atoms with Crippen LogP contribution in [0.25, 0.3) is 0 Å². The molecule has 0 saturated heterocycles. The van der Waals surface area contributed by atoms with Crippen LogP contribution in [0.5, 0.6) is 0 Å². The summed E-state index contributed by atoms with van der Waals surface area (Å²) in [6.07, 6.45) is 19.2. The molecule has 0 heterocycles. The molecule has 0 aliphatic heterocycles. The number of aliphatic hydroxyl groups excluding tert-OH is 1. The van der Waals surface area contributed by atoms with Gasteiger partial charge in [-0.3, -0.25) is 0 Å². The fraction of sp³-hybridized carbons (Fsp3) is 0.857. The summed E-state index contributed by atoms with van der Waals surface area (Å²) in [4.78, 5) is 10.6. The summed E-state index contributed by atoms with van der Waals surface area (Å²) >= 11 is 0. The largest absolute Gasteiger partial charge is 0.478 e. The predicted molar refractivity (Wildman–Crippen MR) is 104 cm³/mol. The highest BCUT2D eigenvalue weighted by atomic mass is 16.4. The van der Waals surface area contributed by atoms with Crippen molar-refractivity contribution in [1.82, 2.24) is 0 Å². The highest BCUT2D eigenvalue weighted by molar-refractivity contribution is 5.85. The van der Waals surface area contributed by atoms with Crippen molar-refractivity contribution in [2.24, 2.45) is 0 Å². The number of unbranched alkanes of at least 4 members (excludes halogenated alkanes) is 13. The average molecular weight is 343 g/mol. The molecule has 24 heavy (non-hydrogen) atoms. The summed E-state index contributed by atoms with van der Waals surface area (Å²) < 4.78 is 0. The number of carbonyl (C=O) groups is 1. The van der Waals surface area contributed by atoms with E-state index in [0.29, 0.717) is 12.0 Å². The van der Waals surface area contributed by atoms with Crippen LogP contribution in [-0.4, -0.2) is 22.8 Å². The first-order chi connectivity index (χ1) is 11.6. The summed E-state index contributed by atoms with van der Waals surface area (Å²) in [6, 6.07) is 0. The maximum atomic E-state index is 10.6. The SMILES string of the molecule is C=C(CCCCCCCCCCCCCCCC)C(=O)O.CCO. The normalized spacial score (nSPS) is 10.1. The van der Waals surface area contributed by atoms with E-state index in [-0.39, 0.29) is 6.61 Å². The topological polar surface area (TPSA) is 57.5 Å². The van der Waals surface area contributed by atoms with Crippen LogP contribution in [-0.2, 0) is 4.79 Å². The molecule has 3 heteroatoms. The monoisotopic (exact) mass is 342 g/mol. The molecule has 0 aromatic heterocycles. The summed E-state index contributed by atoms with van der Waals surface area (Å²) in [7, 11) is 0. The van der Waals surface area contributed by atoms with E-state index in [1.165, 1.54) is 77.0 Å². The molecule has 0 aromatic rings. The maximum absolute atomic E-state index is 10.6. The minimum atomic E-state index is -0.843. The Morgan fingerprint density at radius 3 is 1.29 bits per heavy atom. The fourth-order valence-corrected chi connectivity index (χ4v) is 2.64. The molecule has 0 amide bonds. The lowest BCUT2D eigenvalue weighted by molar-refractivity contribution is -0.132. The van der Waals surface area contributed by atoms with E-state index in [1.54, 1.807) is 6.92 Å². The van der Waals surface area contributed by atoms with Gasteiger partial charge in [0.15, 0.2) is 0 Å². The van der Waals surface area contributed by atoms with Crippen LogP contribution >= 0.6 is 0 Å². The van der Waals surface area contributed by atoms with Gasteiger partial charge in [0.2, 0.25) is 0 Å². The van der Waals surface area contributed by atoms with Gasteiger partial charge in [0.25, 0.3) is 0 Å². The Hall–Kier alpha value is -0.830.